The van der Waals surface area contributed by atoms with Crippen LogP contribution in [0.4, 0.5) is 5.69 Å². The molecule has 1 aromatic carbocycles. The van der Waals surface area contributed by atoms with Crippen molar-refractivity contribution in [2.45, 2.75) is 38.1 Å². The molecule has 0 saturated carbocycles. The Morgan fingerprint density at radius 2 is 1.86 bits per heavy atom. The van der Waals surface area contributed by atoms with E-state index in [1.165, 1.54) is 31.4 Å². The number of anilines is 1. The number of piperidine rings is 2. The van der Waals surface area contributed by atoms with Crippen molar-refractivity contribution in [1.29, 1.82) is 0 Å². The minimum absolute atomic E-state index is 0.396. The Kier molecular flexibility index (Phi) is 4.83. The fourth-order valence-corrected chi connectivity index (χ4v) is 4.13. The first kappa shape index (κ1) is 17.4. The highest BCUT2D eigenvalue weighted by molar-refractivity contribution is 5.62. The van der Waals surface area contributed by atoms with Gasteiger partial charge in [0.15, 0.2) is 5.69 Å². The van der Waals surface area contributed by atoms with E-state index in [1.807, 2.05) is 16.9 Å². The molecular formula is C21H26N6O. The molecule has 2 aliphatic rings. The number of aromatic nitrogens is 4. The van der Waals surface area contributed by atoms with E-state index in [9.17, 15) is 0 Å². The number of hydrogen-bond donors (Lipinski definition) is 1. The van der Waals surface area contributed by atoms with Gasteiger partial charge in [0.05, 0.1) is 6.04 Å². The molecule has 0 bridgehead atoms. The maximum absolute atomic E-state index is 5.49. The summed E-state index contributed by atoms with van der Waals surface area (Å²) in [6.07, 6.45) is 8.22. The lowest BCUT2D eigenvalue weighted by Gasteiger charge is -2.28. The van der Waals surface area contributed by atoms with E-state index < -0.39 is 0 Å². The Labute approximate surface area is 164 Å². The minimum atomic E-state index is 0.396. The zero-order valence-corrected chi connectivity index (χ0v) is 16.0. The molecular weight excluding hydrogens is 352 g/mol. The fraction of sp³-hybridized carbons (Fsp3) is 0.476. The number of rotatable bonds is 4. The number of hydrogen-bond acceptors (Lipinski definition) is 6. The molecule has 0 spiro atoms. The van der Waals surface area contributed by atoms with Crippen LogP contribution in [0.25, 0.3) is 23.0 Å². The van der Waals surface area contributed by atoms with Gasteiger partial charge in [0, 0.05) is 37.1 Å². The molecule has 1 unspecified atom stereocenters. The van der Waals surface area contributed by atoms with Crippen molar-refractivity contribution in [1.82, 2.24) is 25.2 Å². The van der Waals surface area contributed by atoms with Gasteiger partial charge in [-0.25, -0.2) is 0 Å². The number of nitrogens with zero attached hydrogens (tertiary/aromatic N) is 5. The summed E-state index contributed by atoms with van der Waals surface area (Å²) in [5.74, 6) is 1.08. The second-order valence-corrected chi connectivity index (χ2v) is 7.70. The molecule has 2 aliphatic heterocycles. The van der Waals surface area contributed by atoms with Crippen LogP contribution < -0.4 is 10.2 Å². The molecule has 2 fully saturated rings. The highest BCUT2D eigenvalue weighted by atomic mass is 16.5. The first-order valence-electron chi connectivity index (χ1n) is 10.3. The molecule has 7 nitrogen and oxygen atoms in total. The summed E-state index contributed by atoms with van der Waals surface area (Å²) in [6, 6.07) is 10.8. The maximum atomic E-state index is 5.49. The number of benzene rings is 1. The standard InChI is InChI=1S/C21H26N6O/c1-2-12-26(13-3-1)17-8-6-16(7-9-17)20-23-21(28-25-20)19-10-14-27(24-19)18-5-4-11-22-15-18/h6-10,14,18,22H,1-5,11-13,15H2. The van der Waals surface area contributed by atoms with E-state index in [0.717, 1.165) is 43.9 Å². The lowest BCUT2D eigenvalue weighted by atomic mass is 10.1. The molecule has 4 heterocycles. The molecule has 28 heavy (non-hydrogen) atoms. The normalized spacial score (nSPS) is 20.4. The summed E-state index contributed by atoms with van der Waals surface area (Å²) in [4.78, 5) is 7.01. The second-order valence-electron chi connectivity index (χ2n) is 7.70. The molecule has 7 heteroatoms. The molecule has 0 amide bonds. The fourth-order valence-electron chi connectivity index (χ4n) is 4.13. The van der Waals surface area contributed by atoms with Crippen LogP contribution in [0.15, 0.2) is 41.1 Å². The van der Waals surface area contributed by atoms with Crippen LogP contribution in [-0.2, 0) is 0 Å². The van der Waals surface area contributed by atoms with Crippen molar-refractivity contribution in [2.75, 3.05) is 31.1 Å². The van der Waals surface area contributed by atoms with E-state index >= 15 is 0 Å². The summed E-state index contributed by atoms with van der Waals surface area (Å²) in [7, 11) is 0. The van der Waals surface area contributed by atoms with Gasteiger partial charge in [-0.2, -0.15) is 10.1 Å². The van der Waals surface area contributed by atoms with Crippen LogP contribution in [0.1, 0.15) is 38.1 Å². The quantitative estimate of drug-likeness (QED) is 0.749. The highest BCUT2D eigenvalue weighted by Gasteiger charge is 2.19. The predicted octanol–water partition coefficient (Wildman–Crippen LogP) is 3.51. The molecule has 1 atom stereocenters. The Bertz CT molecular complexity index is 903. The van der Waals surface area contributed by atoms with Gasteiger partial charge in [-0.3, -0.25) is 4.68 Å². The van der Waals surface area contributed by atoms with Gasteiger partial charge in [-0.1, -0.05) is 5.16 Å². The molecule has 1 N–H and O–H groups in total. The molecule has 2 saturated heterocycles. The van der Waals surface area contributed by atoms with Gasteiger partial charge >= 0.3 is 0 Å². The van der Waals surface area contributed by atoms with E-state index in [4.69, 9.17) is 4.52 Å². The Morgan fingerprint density at radius 1 is 1.00 bits per heavy atom. The lowest BCUT2D eigenvalue weighted by molar-refractivity contribution is 0.346. The zero-order valence-electron chi connectivity index (χ0n) is 16.0. The van der Waals surface area contributed by atoms with Crippen LogP contribution in [0, 0.1) is 0 Å². The average molecular weight is 378 g/mol. The Hall–Kier alpha value is -2.67. The molecule has 146 valence electrons. The van der Waals surface area contributed by atoms with Gasteiger partial charge < -0.3 is 14.7 Å². The Balaban J connectivity index is 1.31. The predicted molar refractivity (Wildman–Crippen MR) is 108 cm³/mol. The van der Waals surface area contributed by atoms with Gasteiger partial charge in [0.25, 0.3) is 5.89 Å². The Morgan fingerprint density at radius 3 is 2.64 bits per heavy atom. The highest BCUT2D eigenvalue weighted by Crippen LogP contribution is 2.26. The van der Waals surface area contributed by atoms with Crippen LogP contribution in [0.5, 0.6) is 0 Å². The third-order valence-electron chi connectivity index (χ3n) is 5.75. The van der Waals surface area contributed by atoms with Crippen molar-refractivity contribution in [3.63, 3.8) is 0 Å². The van der Waals surface area contributed by atoms with Gasteiger partial charge in [0.2, 0.25) is 5.82 Å². The van der Waals surface area contributed by atoms with Crippen molar-refractivity contribution in [3.8, 4) is 23.0 Å². The van der Waals surface area contributed by atoms with E-state index in [-0.39, 0.29) is 0 Å². The number of nitrogens with one attached hydrogen (secondary N) is 1. The van der Waals surface area contributed by atoms with Gasteiger partial charge in [-0.15, -0.1) is 0 Å². The molecule has 5 rings (SSSR count). The third kappa shape index (κ3) is 3.54. The molecule has 0 aliphatic carbocycles. The third-order valence-corrected chi connectivity index (χ3v) is 5.75. The van der Waals surface area contributed by atoms with Crippen molar-refractivity contribution in [2.24, 2.45) is 0 Å². The topological polar surface area (TPSA) is 72.0 Å². The molecule has 2 aromatic heterocycles. The summed E-state index contributed by atoms with van der Waals surface area (Å²) in [6.45, 7) is 4.34. The summed E-state index contributed by atoms with van der Waals surface area (Å²) in [5.41, 5.74) is 2.97. The van der Waals surface area contributed by atoms with Crippen LogP contribution in [-0.4, -0.2) is 46.1 Å². The van der Waals surface area contributed by atoms with E-state index in [1.54, 1.807) is 0 Å². The molecule has 0 radical (unpaired) electrons. The largest absolute Gasteiger partial charge is 0.372 e. The minimum Gasteiger partial charge on any atom is -0.372 e. The van der Waals surface area contributed by atoms with Gasteiger partial charge in [-0.05, 0) is 69.0 Å². The summed E-state index contributed by atoms with van der Waals surface area (Å²) < 4.78 is 7.50. The lowest BCUT2D eigenvalue weighted by Crippen LogP contribution is -2.31. The second kappa shape index (κ2) is 7.75. The smallest absolute Gasteiger partial charge is 0.278 e. The summed E-state index contributed by atoms with van der Waals surface area (Å²) >= 11 is 0. The van der Waals surface area contributed by atoms with Crippen LogP contribution >= 0.6 is 0 Å². The van der Waals surface area contributed by atoms with Gasteiger partial charge in [0.1, 0.15) is 0 Å². The molecule has 3 aromatic rings. The average Bonchev–Trinajstić information content (AvgIpc) is 3.45. The van der Waals surface area contributed by atoms with Crippen molar-refractivity contribution >= 4 is 5.69 Å². The van der Waals surface area contributed by atoms with Crippen LogP contribution in [0.3, 0.4) is 0 Å². The summed E-state index contributed by atoms with van der Waals surface area (Å²) in [5, 5.41) is 12.2. The van der Waals surface area contributed by atoms with Crippen molar-refractivity contribution < 1.29 is 4.52 Å². The van der Waals surface area contributed by atoms with Crippen LogP contribution in [0.2, 0.25) is 0 Å². The maximum Gasteiger partial charge on any atom is 0.278 e. The first-order valence-corrected chi connectivity index (χ1v) is 10.3. The van der Waals surface area contributed by atoms with E-state index in [2.05, 4.69) is 49.7 Å². The SMILES string of the molecule is c1cc(N2CCCCC2)ccc1-c1noc(-c2ccn(C3CCCNC3)n2)n1. The monoisotopic (exact) mass is 378 g/mol. The van der Waals surface area contributed by atoms with Crippen molar-refractivity contribution in [3.05, 3.63) is 36.5 Å². The van der Waals surface area contributed by atoms with E-state index in [0.29, 0.717) is 17.8 Å². The first-order chi connectivity index (χ1) is 13.9. The zero-order chi connectivity index (χ0) is 18.8.